The number of pyridine rings is 1. The van der Waals surface area contributed by atoms with Crippen molar-refractivity contribution in [1.29, 1.82) is 0 Å². The quantitative estimate of drug-likeness (QED) is 0.749. The number of aromatic nitrogens is 3. The number of H-pyrrole nitrogens is 1. The minimum Gasteiger partial charge on any atom is -0.446 e. The van der Waals surface area contributed by atoms with Crippen LogP contribution in [0.25, 0.3) is 0 Å². The number of carbonyl (C=O) groups is 2. The van der Waals surface area contributed by atoms with E-state index in [1.165, 1.54) is 0 Å². The summed E-state index contributed by atoms with van der Waals surface area (Å²) in [4.78, 5) is 28.0. The molecule has 27 heavy (non-hydrogen) atoms. The Labute approximate surface area is 158 Å². The predicted octanol–water partition coefficient (Wildman–Crippen LogP) is 2.96. The van der Waals surface area contributed by atoms with Crippen LogP contribution in [-0.4, -0.2) is 33.3 Å². The van der Waals surface area contributed by atoms with E-state index in [1.54, 1.807) is 6.20 Å². The Morgan fingerprint density at radius 1 is 1.30 bits per heavy atom. The Kier molecular flexibility index (Phi) is 5.43. The summed E-state index contributed by atoms with van der Waals surface area (Å²) in [6.45, 7) is 5.90. The van der Waals surface area contributed by atoms with Gasteiger partial charge in [0.1, 0.15) is 11.9 Å². The summed E-state index contributed by atoms with van der Waals surface area (Å²) in [5, 5.41) is 12.6. The molecule has 8 nitrogen and oxygen atoms in total. The second kappa shape index (κ2) is 7.77. The molecule has 2 aromatic heterocycles. The van der Waals surface area contributed by atoms with Crippen molar-refractivity contribution in [3.8, 4) is 0 Å². The fourth-order valence-electron chi connectivity index (χ4n) is 2.68. The first-order valence-electron chi connectivity index (χ1n) is 9.02. The SMILES string of the molecule is CC(C)(C)C(=O)Nc1cc([C@H]2C[C@@H](OC(=O)NCc3ccccn3)C2)n[nH]1. The number of amides is 2. The van der Waals surface area contributed by atoms with Gasteiger partial charge in [0.05, 0.1) is 17.9 Å². The van der Waals surface area contributed by atoms with Crippen molar-refractivity contribution >= 4 is 17.8 Å². The molecule has 0 spiro atoms. The molecule has 0 bridgehead atoms. The topological polar surface area (TPSA) is 109 Å². The van der Waals surface area contributed by atoms with E-state index in [0.717, 1.165) is 11.4 Å². The smallest absolute Gasteiger partial charge is 0.407 e. The average Bonchev–Trinajstić information content (AvgIpc) is 3.04. The Hall–Kier alpha value is -2.90. The number of ether oxygens (including phenoxy) is 1. The summed E-state index contributed by atoms with van der Waals surface area (Å²) in [7, 11) is 0. The van der Waals surface area contributed by atoms with Crippen molar-refractivity contribution < 1.29 is 14.3 Å². The Bertz CT molecular complexity index is 791. The number of alkyl carbamates (subject to hydrolysis) is 1. The van der Waals surface area contributed by atoms with Crippen LogP contribution in [0.15, 0.2) is 30.5 Å². The van der Waals surface area contributed by atoms with Gasteiger partial charge < -0.3 is 15.4 Å². The minimum absolute atomic E-state index is 0.0721. The van der Waals surface area contributed by atoms with E-state index in [4.69, 9.17) is 4.74 Å². The molecule has 2 heterocycles. The van der Waals surface area contributed by atoms with E-state index in [9.17, 15) is 9.59 Å². The lowest BCUT2D eigenvalue weighted by molar-refractivity contribution is -0.123. The number of rotatable bonds is 5. The summed E-state index contributed by atoms with van der Waals surface area (Å²) in [5.74, 6) is 0.731. The van der Waals surface area contributed by atoms with Crippen LogP contribution < -0.4 is 10.6 Å². The molecule has 2 aromatic rings. The van der Waals surface area contributed by atoms with Crippen LogP contribution in [0.3, 0.4) is 0 Å². The molecule has 0 aromatic carbocycles. The Morgan fingerprint density at radius 2 is 2.07 bits per heavy atom. The first-order chi connectivity index (χ1) is 12.8. The minimum atomic E-state index is -0.469. The van der Waals surface area contributed by atoms with Gasteiger partial charge in [0.2, 0.25) is 5.91 Å². The number of nitrogens with zero attached hydrogens (tertiary/aromatic N) is 2. The standard InChI is InChI=1S/C19H25N5O3/c1-19(2,3)17(25)22-16-10-15(23-24-16)12-8-14(9-12)27-18(26)21-11-13-6-4-5-7-20-13/h4-7,10,12,14H,8-9,11H2,1-3H3,(H,21,26)(H2,22,23,24,25)/t12-,14+. The number of nitrogens with one attached hydrogen (secondary N) is 3. The van der Waals surface area contributed by atoms with Crippen LogP contribution in [-0.2, 0) is 16.1 Å². The van der Waals surface area contributed by atoms with E-state index in [-0.39, 0.29) is 17.9 Å². The Morgan fingerprint density at radius 3 is 2.74 bits per heavy atom. The third-order valence-corrected chi connectivity index (χ3v) is 4.45. The molecule has 144 valence electrons. The summed E-state index contributed by atoms with van der Waals surface area (Å²) < 4.78 is 5.39. The second-order valence-corrected chi connectivity index (χ2v) is 7.78. The van der Waals surface area contributed by atoms with Crippen LogP contribution >= 0.6 is 0 Å². The fraction of sp³-hybridized carbons (Fsp3) is 0.474. The van der Waals surface area contributed by atoms with Gasteiger partial charge in [0, 0.05) is 23.6 Å². The van der Waals surface area contributed by atoms with Crippen LogP contribution in [0.4, 0.5) is 10.6 Å². The van der Waals surface area contributed by atoms with Gasteiger partial charge in [-0.2, -0.15) is 5.10 Å². The van der Waals surface area contributed by atoms with Gasteiger partial charge in [-0.1, -0.05) is 26.8 Å². The highest BCUT2D eigenvalue weighted by Crippen LogP contribution is 2.38. The monoisotopic (exact) mass is 371 g/mol. The van der Waals surface area contributed by atoms with Crippen LogP contribution in [0.2, 0.25) is 0 Å². The second-order valence-electron chi connectivity index (χ2n) is 7.78. The molecule has 3 N–H and O–H groups in total. The molecule has 0 atom stereocenters. The summed E-state index contributed by atoms with van der Waals surface area (Å²) in [6.07, 6.45) is 2.55. The first-order valence-corrected chi connectivity index (χ1v) is 9.02. The highest BCUT2D eigenvalue weighted by Gasteiger charge is 2.35. The number of hydrogen-bond acceptors (Lipinski definition) is 5. The summed E-state index contributed by atoms with van der Waals surface area (Å²) >= 11 is 0. The van der Waals surface area contributed by atoms with Crippen LogP contribution in [0.5, 0.6) is 0 Å². The molecular formula is C19H25N5O3. The van der Waals surface area contributed by atoms with Gasteiger partial charge >= 0.3 is 6.09 Å². The number of aromatic amines is 1. The number of hydrogen-bond donors (Lipinski definition) is 3. The lowest BCUT2D eigenvalue weighted by Gasteiger charge is -2.33. The maximum atomic E-state index is 12.0. The normalized spacial score (nSPS) is 19.1. The lowest BCUT2D eigenvalue weighted by atomic mass is 9.80. The zero-order chi connectivity index (χ0) is 19.4. The highest BCUT2D eigenvalue weighted by molar-refractivity contribution is 5.93. The molecule has 0 unspecified atom stereocenters. The van der Waals surface area contributed by atoms with E-state index < -0.39 is 11.5 Å². The molecule has 3 rings (SSSR count). The highest BCUT2D eigenvalue weighted by atomic mass is 16.6. The molecule has 1 aliphatic carbocycles. The van der Waals surface area contributed by atoms with Crippen molar-refractivity contribution in [3.05, 3.63) is 41.9 Å². The van der Waals surface area contributed by atoms with Crippen molar-refractivity contribution in [1.82, 2.24) is 20.5 Å². The average molecular weight is 371 g/mol. The molecule has 0 radical (unpaired) electrons. The van der Waals surface area contributed by atoms with Gasteiger partial charge in [-0.05, 0) is 25.0 Å². The molecule has 8 heteroatoms. The number of carbonyl (C=O) groups excluding carboxylic acids is 2. The van der Waals surface area contributed by atoms with Crippen molar-refractivity contribution in [2.24, 2.45) is 5.41 Å². The van der Waals surface area contributed by atoms with Gasteiger partial charge in [-0.15, -0.1) is 0 Å². The van der Waals surface area contributed by atoms with Crippen molar-refractivity contribution in [3.63, 3.8) is 0 Å². The fourth-order valence-corrected chi connectivity index (χ4v) is 2.68. The Balaban J connectivity index is 1.40. The molecule has 0 saturated heterocycles. The largest absolute Gasteiger partial charge is 0.446 e. The first kappa shape index (κ1) is 18.9. The molecular weight excluding hydrogens is 346 g/mol. The zero-order valence-electron chi connectivity index (χ0n) is 15.8. The van der Waals surface area contributed by atoms with E-state index >= 15 is 0 Å². The van der Waals surface area contributed by atoms with E-state index in [1.807, 2.05) is 45.0 Å². The van der Waals surface area contributed by atoms with Crippen LogP contribution in [0.1, 0.15) is 50.9 Å². The van der Waals surface area contributed by atoms with Gasteiger partial charge in [0.25, 0.3) is 0 Å². The van der Waals surface area contributed by atoms with Gasteiger partial charge in [-0.3, -0.25) is 14.9 Å². The molecule has 1 saturated carbocycles. The van der Waals surface area contributed by atoms with Crippen LogP contribution in [0, 0.1) is 5.41 Å². The zero-order valence-corrected chi connectivity index (χ0v) is 15.8. The predicted molar refractivity (Wildman–Crippen MR) is 100.0 cm³/mol. The molecule has 0 aliphatic heterocycles. The molecule has 2 amide bonds. The van der Waals surface area contributed by atoms with E-state index in [2.05, 4.69) is 25.8 Å². The van der Waals surface area contributed by atoms with Gasteiger partial charge in [-0.25, -0.2) is 4.79 Å². The molecule has 1 aliphatic rings. The summed E-state index contributed by atoms with van der Waals surface area (Å²) in [5.41, 5.74) is 1.18. The maximum Gasteiger partial charge on any atom is 0.407 e. The third-order valence-electron chi connectivity index (χ3n) is 4.45. The van der Waals surface area contributed by atoms with Crippen molar-refractivity contribution in [2.45, 2.75) is 52.2 Å². The van der Waals surface area contributed by atoms with E-state index in [0.29, 0.717) is 25.2 Å². The lowest BCUT2D eigenvalue weighted by Crippen LogP contribution is -2.36. The third kappa shape index (κ3) is 5.06. The maximum absolute atomic E-state index is 12.0. The van der Waals surface area contributed by atoms with Gasteiger partial charge in [0.15, 0.2) is 0 Å². The number of anilines is 1. The molecule has 1 fully saturated rings. The van der Waals surface area contributed by atoms with Crippen molar-refractivity contribution in [2.75, 3.05) is 5.32 Å². The summed E-state index contributed by atoms with van der Waals surface area (Å²) in [6, 6.07) is 7.37.